The van der Waals surface area contributed by atoms with Gasteiger partial charge in [-0.2, -0.15) is 0 Å². The molecule has 1 saturated heterocycles. The highest BCUT2D eigenvalue weighted by molar-refractivity contribution is 5.80. The minimum Gasteiger partial charge on any atom is -0.497 e. The maximum Gasteiger partial charge on any atom is 0.226 e. The highest BCUT2D eigenvalue weighted by Gasteiger charge is 2.45. The summed E-state index contributed by atoms with van der Waals surface area (Å²) in [4.78, 5) is 15.6. The second-order valence-corrected chi connectivity index (χ2v) is 7.95. The highest BCUT2D eigenvalue weighted by atomic mass is 16.5. The smallest absolute Gasteiger partial charge is 0.226 e. The molecule has 1 aromatic rings. The molecule has 3 heteroatoms. The van der Waals surface area contributed by atoms with Gasteiger partial charge in [0.05, 0.1) is 13.2 Å². The van der Waals surface area contributed by atoms with Crippen LogP contribution in [0.2, 0.25) is 0 Å². The number of ether oxygens (including phenoxy) is 1. The first-order valence-corrected chi connectivity index (χ1v) is 9.70. The number of hydrogen-bond acceptors (Lipinski definition) is 2. The molecule has 0 radical (unpaired) electrons. The SMILES string of the molecule is COc1ccc(C2CCCCCN2C(=O)C2CC3CCC2C3)cc1. The molecule has 4 unspecified atom stereocenters. The first-order valence-electron chi connectivity index (χ1n) is 9.70. The van der Waals surface area contributed by atoms with Crippen LogP contribution in [-0.4, -0.2) is 24.5 Å². The van der Waals surface area contributed by atoms with Gasteiger partial charge in [0.15, 0.2) is 0 Å². The molecule has 3 aliphatic rings. The van der Waals surface area contributed by atoms with Crippen molar-refractivity contribution in [3.63, 3.8) is 0 Å². The average molecular weight is 327 g/mol. The van der Waals surface area contributed by atoms with Gasteiger partial charge in [0, 0.05) is 12.5 Å². The molecule has 1 amide bonds. The van der Waals surface area contributed by atoms with E-state index in [-0.39, 0.29) is 6.04 Å². The summed E-state index contributed by atoms with van der Waals surface area (Å²) < 4.78 is 5.29. The fourth-order valence-electron chi connectivity index (χ4n) is 5.30. The molecular weight excluding hydrogens is 298 g/mol. The van der Waals surface area contributed by atoms with Crippen LogP contribution in [0.4, 0.5) is 0 Å². The summed E-state index contributed by atoms with van der Waals surface area (Å²) in [5, 5.41) is 0. The van der Waals surface area contributed by atoms with Crippen molar-refractivity contribution in [2.75, 3.05) is 13.7 Å². The molecule has 2 saturated carbocycles. The first-order chi connectivity index (χ1) is 11.8. The zero-order valence-electron chi connectivity index (χ0n) is 14.7. The maximum absolute atomic E-state index is 13.4. The van der Waals surface area contributed by atoms with Gasteiger partial charge in [-0.05, 0) is 61.6 Å². The second kappa shape index (κ2) is 6.78. The third-order valence-electron chi connectivity index (χ3n) is 6.59. The number of carbonyl (C=O) groups is 1. The Morgan fingerprint density at radius 1 is 1.04 bits per heavy atom. The van der Waals surface area contributed by atoms with Crippen molar-refractivity contribution < 1.29 is 9.53 Å². The van der Waals surface area contributed by atoms with E-state index in [1.54, 1.807) is 7.11 Å². The van der Waals surface area contributed by atoms with E-state index < -0.39 is 0 Å². The molecule has 3 fully saturated rings. The van der Waals surface area contributed by atoms with Gasteiger partial charge >= 0.3 is 0 Å². The van der Waals surface area contributed by atoms with Gasteiger partial charge in [-0.15, -0.1) is 0 Å². The topological polar surface area (TPSA) is 29.5 Å². The number of amides is 1. The molecule has 3 nitrogen and oxygen atoms in total. The van der Waals surface area contributed by atoms with Crippen LogP contribution in [0.15, 0.2) is 24.3 Å². The van der Waals surface area contributed by atoms with E-state index >= 15 is 0 Å². The van der Waals surface area contributed by atoms with Crippen LogP contribution in [0.1, 0.15) is 63.0 Å². The van der Waals surface area contributed by atoms with E-state index in [0.717, 1.165) is 37.5 Å². The monoisotopic (exact) mass is 327 g/mol. The molecule has 1 aromatic carbocycles. The van der Waals surface area contributed by atoms with E-state index in [2.05, 4.69) is 17.0 Å². The zero-order chi connectivity index (χ0) is 16.5. The summed E-state index contributed by atoms with van der Waals surface area (Å²) >= 11 is 0. The van der Waals surface area contributed by atoms with Gasteiger partial charge in [-0.25, -0.2) is 0 Å². The van der Waals surface area contributed by atoms with Gasteiger partial charge in [-0.3, -0.25) is 4.79 Å². The van der Waals surface area contributed by atoms with E-state index in [1.807, 2.05) is 12.1 Å². The minimum atomic E-state index is 0.255. The van der Waals surface area contributed by atoms with Gasteiger partial charge in [0.2, 0.25) is 5.91 Å². The quantitative estimate of drug-likeness (QED) is 0.813. The molecule has 2 aliphatic carbocycles. The van der Waals surface area contributed by atoms with Crippen LogP contribution in [0.5, 0.6) is 5.75 Å². The summed E-state index contributed by atoms with van der Waals surface area (Å²) in [5.41, 5.74) is 1.27. The predicted octanol–water partition coefficient (Wildman–Crippen LogP) is 4.58. The minimum absolute atomic E-state index is 0.255. The van der Waals surface area contributed by atoms with E-state index in [1.165, 1.54) is 37.7 Å². The number of hydrogen-bond donors (Lipinski definition) is 0. The molecule has 1 aliphatic heterocycles. The maximum atomic E-state index is 13.4. The average Bonchev–Trinajstić information content (AvgIpc) is 3.17. The predicted molar refractivity (Wildman–Crippen MR) is 94.9 cm³/mol. The number of methoxy groups -OCH3 is 1. The zero-order valence-corrected chi connectivity index (χ0v) is 14.7. The van der Waals surface area contributed by atoms with Crippen molar-refractivity contribution in [3.05, 3.63) is 29.8 Å². The highest BCUT2D eigenvalue weighted by Crippen LogP contribution is 2.49. The third kappa shape index (κ3) is 2.94. The standard InChI is InChI=1S/C21H29NO2/c1-24-18-10-8-16(9-11-18)20-5-3-2-4-12-22(20)21(23)19-14-15-6-7-17(19)13-15/h8-11,15,17,19-20H,2-7,12-14H2,1H3. The summed E-state index contributed by atoms with van der Waals surface area (Å²) in [5.74, 6) is 3.14. The van der Waals surface area contributed by atoms with Crippen LogP contribution in [-0.2, 0) is 4.79 Å². The Balaban J connectivity index is 1.56. The van der Waals surface area contributed by atoms with Crippen LogP contribution in [0.3, 0.4) is 0 Å². The molecule has 1 heterocycles. The Hall–Kier alpha value is -1.51. The normalized spacial score (nSPS) is 32.6. The molecule has 0 N–H and O–H groups in total. The van der Waals surface area contributed by atoms with Crippen molar-refractivity contribution in [2.24, 2.45) is 17.8 Å². The van der Waals surface area contributed by atoms with Crippen molar-refractivity contribution in [1.29, 1.82) is 0 Å². The molecule has 4 atom stereocenters. The third-order valence-corrected chi connectivity index (χ3v) is 6.59. The fraction of sp³-hybridized carbons (Fsp3) is 0.667. The first kappa shape index (κ1) is 16.0. The number of fused-ring (bicyclic) bond motifs is 2. The molecule has 24 heavy (non-hydrogen) atoms. The molecule has 2 bridgehead atoms. The van der Waals surface area contributed by atoms with Gasteiger partial charge in [0.25, 0.3) is 0 Å². The molecular formula is C21H29NO2. The van der Waals surface area contributed by atoms with Gasteiger partial charge < -0.3 is 9.64 Å². The Labute approximate surface area is 145 Å². The van der Waals surface area contributed by atoms with E-state index in [9.17, 15) is 4.79 Å². The Kier molecular flexibility index (Phi) is 4.51. The summed E-state index contributed by atoms with van der Waals surface area (Å²) in [6.07, 6.45) is 9.80. The Morgan fingerprint density at radius 3 is 2.54 bits per heavy atom. The van der Waals surface area contributed by atoms with Crippen molar-refractivity contribution in [2.45, 2.75) is 57.4 Å². The molecule has 0 aromatic heterocycles. The Morgan fingerprint density at radius 2 is 1.88 bits per heavy atom. The van der Waals surface area contributed by atoms with Gasteiger partial charge in [-0.1, -0.05) is 31.4 Å². The molecule has 4 rings (SSSR count). The molecule has 130 valence electrons. The number of benzene rings is 1. The van der Waals surface area contributed by atoms with E-state index in [4.69, 9.17) is 4.74 Å². The van der Waals surface area contributed by atoms with Crippen molar-refractivity contribution in [1.82, 2.24) is 4.90 Å². The number of rotatable bonds is 3. The fourth-order valence-corrected chi connectivity index (χ4v) is 5.30. The lowest BCUT2D eigenvalue weighted by molar-refractivity contribution is -0.139. The van der Waals surface area contributed by atoms with Crippen LogP contribution in [0.25, 0.3) is 0 Å². The summed E-state index contributed by atoms with van der Waals surface area (Å²) in [7, 11) is 1.70. The Bertz CT molecular complexity index is 582. The number of carbonyl (C=O) groups excluding carboxylic acids is 1. The van der Waals surface area contributed by atoms with Crippen LogP contribution >= 0.6 is 0 Å². The largest absolute Gasteiger partial charge is 0.497 e. The number of nitrogens with zero attached hydrogens (tertiary/aromatic N) is 1. The van der Waals surface area contributed by atoms with Crippen molar-refractivity contribution >= 4 is 5.91 Å². The van der Waals surface area contributed by atoms with Gasteiger partial charge in [0.1, 0.15) is 5.75 Å². The lowest BCUT2D eigenvalue weighted by Gasteiger charge is -2.35. The van der Waals surface area contributed by atoms with Crippen LogP contribution in [0, 0.1) is 17.8 Å². The van der Waals surface area contributed by atoms with Crippen molar-refractivity contribution in [3.8, 4) is 5.75 Å². The van der Waals surface area contributed by atoms with E-state index in [0.29, 0.717) is 17.7 Å². The summed E-state index contributed by atoms with van der Waals surface area (Å²) in [6, 6.07) is 8.61. The van der Waals surface area contributed by atoms with Crippen LogP contribution < -0.4 is 4.74 Å². The number of likely N-dealkylation sites (tertiary alicyclic amines) is 1. The molecule has 0 spiro atoms. The lowest BCUT2D eigenvalue weighted by atomic mass is 9.87. The second-order valence-electron chi connectivity index (χ2n) is 7.95. The summed E-state index contributed by atoms with van der Waals surface area (Å²) in [6.45, 7) is 0.934. The lowest BCUT2D eigenvalue weighted by Crippen LogP contribution is -2.40.